The van der Waals surface area contributed by atoms with Crippen LogP contribution < -0.4 is 4.90 Å². The molecule has 1 heterocycles. The molecule has 2 N–H and O–H groups in total. The normalized spacial score (nSPS) is 26.4. The molecular weight excluding hydrogens is 256 g/mol. The first-order valence-corrected chi connectivity index (χ1v) is 6.84. The molecule has 0 bridgehead atoms. The van der Waals surface area contributed by atoms with Gasteiger partial charge in [0, 0.05) is 25.8 Å². The molecule has 20 heavy (non-hydrogen) atoms. The van der Waals surface area contributed by atoms with Crippen LogP contribution >= 0.6 is 0 Å². The van der Waals surface area contributed by atoms with Gasteiger partial charge in [0.1, 0.15) is 0 Å². The van der Waals surface area contributed by atoms with E-state index >= 15 is 0 Å². The minimum atomic E-state index is -1.10. The number of carbonyl (C=O) groups is 1. The second-order valence-corrected chi connectivity index (χ2v) is 5.65. The summed E-state index contributed by atoms with van der Waals surface area (Å²) in [4.78, 5) is 15.7. The van der Waals surface area contributed by atoms with Crippen molar-refractivity contribution >= 4 is 11.6 Å². The van der Waals surface area contributed by atoms with Crippen LogP contribution in [0.15, 0.2) is 30.3 Å². The zero-order valence-corrected chi connectivity index (χ0v) is 12.0. The molecule has 1 saturated heterocycles. The molecule has 0 spiro atoms. The van der Waals surface area contributed by atoms with Crippen molar-refractivity contribution in [2.45, 2.75) is 25.0 Å². The van der Waals surface area contributed by atoms with E-state index in [4.69, 9.17) is 0 Å². The van der Waals surface area contributed by atoms with Crippen LogP contribution in [0.2, 0.25) is 0 Å². The highest BCUT2D eigenvalue weighted by molar-refractivity contribution is 5.81. The van der Waals surface area contributed by atoms with Crippen LogP contribution in [0.3, 0.4) is 0 Å². The third-order valence-electron chi connectivity index (χ3n) is 3.92. The van der Waals surface area contributed by atoms with E-state index in [0.29, 0.717) is 13.0 Å². The Labute approximate surface area is 119 Å². The summed E-state index contributed by atoms with van der Waals surface area (Å²) in [5.41, 5.74) is -0.118. The van der Waals surface area contributed by atoms with E-state index in [1.807, 2.05) is 42.3 Å². The summed E-state index contributed by atoms with van der Waals surface area (Å²) in [6, 6.07) is 9.69. The van der Waals surface area contributed by atoms with Crippen molar-refractivity contribution in [1.29, 1.82) is 0 Å². The first-order chi connectivity index (χ1) is 9.40. The minimum Gasteiger partial charge on any atom is -0.388 e. The lowest BCUT2D eigenvalue weighted by molar-refractivity contribution is -0.144. The summed E-state index contributed by atoms with van der Waals surface area (Å²) in [7, 11) is 1.86. The van der Waals surface area contributed by atoms with E-state index in [1.54, 1.807) is 11.8 Å². The highest BCUT2D eigenvalue weighted by Crippen LogP contribution is 2.22. The summed E-state index contributed by atoms with van der Waals surface area (Å²) in [5, 5.41) is 19.8. The van der Waals surface area contributed by atoms with Gasteiger partial charge in [0.15, 0.2) is 0 Å². The smallest absolute Gasteiger partial charge is 0.242 e. The predicted octanol–water partition coefficient (Wildman–Crippen LogP) is 0.467. The van der Waals surface area contributed by atoms with Crippen molar-refractivity contribution in [3.8, 4) is 0 Å². The molecule has 1 aliphatic rings. The Morgan fingerprint density at radius 2 is 2.10 bits per heavy atom. The molecule has 0 saturated carbocycles. The highest BCUT2D eigenvalue weighted by Gasteiger charge is 2.37. The van der Waals surface area contributed by atoms with Gasteiger partial charge in [-0.05, 0) is 25.5 Å². The van der Waals surface area contributed by atoms with Gasteiger partial charge in [0.25, 0.3) is 0 Å². The van der Waals surface area contributed by atoms with Crippen LogP contribution in [0.25, 0.3) is 0 Å². The topological polar surface area (TPSA) is 64.0 Å². The van der Waals surface area contributed by atoms with Crippen molar-refractivity contribution in [2.24, 2.45) is 0 Å². The first kappa shape index (κ1) is 14.8. The summed E-state index contributed by atoms with van der Waals surface area (Å²) < 4.78 is 0. The molecule has 0 aromatic heterocycles. The van der Waals surface area contributed by atoms with Crippen LogP contribution in [-0.4, -0.2) is 59.4 Å². The number of rotatable bonds is 3. The lowest BCUT2D eigenvalue weighted by Crippen LogP contribution is -2.56. The van der Waals surface area contributed by atoms with E-state index in [1.165, 1.54) is 0 Å². The van der Waals surface area contributed by atoms with Crippen LogP contribution in [0, 0.1) is 0 Å². The zero-order valence-electron chi connectivity index (χ0n) is 12.0. The summed E-state index contributed by atoms with van der Waals surface area (Å²) >= 11 is 0. The molecule has 2 atom stereocenters. The number of aliphatic hydroxyl groups is 2. The number of likely N-dealkylation sites (tertiary alicyclic amines) is 1. The maximum atomic E-state index is 12.2. The van der Waals surface area contributed by atoms with Crippen LogP contribution in [0.4, 0.5) is 5.69 Å². The summed E-state index contributed by atoms with van der Waals surface area (Å²) in [6.07, 6.45) is -0.489. The minimum absolute atomic E-state index is 0.0362. The van der Waals surface area contributed by atoms with E-state index in [0.717, 1.165) is 5.69 Å². The molecule has 1 aromatic carbocycles. The number of anilines is 1. The maximum Gasteiger partial charge on any atom is 0.242 e. The molecule has 0 unspecified atom stereocenters. The van der Waals surface area contributed by atoms with Gasteiger partial charge in [-0.25, -0.2) is 0 Å². The van der Waals surface area contributed by atoms with E-state index in [2.05, 4.69) is 0 Å². The molecule has 0 aliphatic carbocycles. The van der Waals surface area contributed by atoms with Crippen molar-refractivity contribution in [1.82, 2.24) is 4.90 Å². The fraction of sp³-hybridized carbons (Fsp3) is 0.533. The monoisotopic (exact) mass is 278 g/mol. The number of β-amino-alcohol motifs (C(OH)–C–C–N with tert-alkyl or cyclic N) is 1. The van der Waals surface area contributed by atoms with Crippen molar-refractivity contribution in [3.63, 3.8) is 0 Å². The summed E-state index contributed by atoms with van der Waals surface area (Å²) in [5.74, 6) is -0.0362. The molecule has 5 heteroatoms. The van der Waals surface area contributed by atoms with Crippen molar-refractivity contribution in [3.05, 3.63) is 30.3 Å². The number of aliphatic hydroxyl groups excluding tert-OH is 1. The molecule has 2 rings (SSSR count). The van der Waals surface area contributed by atoms with E-state index < -0.39 is 11.7 Å². The third kappa shape index (κ3) is 3.29. The molecule has 110 valence electrons. The average molecular weight is 278 g/mol. The second-order valence-electron chi connectivity index (χ2n) is 5.65. The molecule has 1 amide bonds. The Morgan fingerprint density at radius 1 is 1.45 bits per heavy atom. The first-order valence-electron chi connectivity index (χ1n) is 6.84. The molecule has 0 radical (unpaired) electrons. The van der Waals surface area contributed by atoms with Crippen LogP contribution in [0.1, 0.15) is 13.3 Å². The van der Waals surface area contributed by atoms with Crippen LogP contribution in [-0.2, 0) is 4.79 Å². The predicted molar refractivity (Wildman–Crippen MR) is 77.5 cm³/mol. The van der Waals surface area contributed by atoms with Crippen LogP contribution in [0.5, 0.6) is 0 Å². The Bertz CT molecular complexity index is 461. The van der Waals surface area contributed by atoms with Gasteiger partial charge in [-0.2, -0.15) is 0 Å². The van der Waals surface area contributed by atoms with Gasteiger partial charge in [-0.1, -0.05) is 18.2 Å². The fourth-order valence-corrected chi connectivity index (χ4v) is 2.33. The number of amides is 1. The van der Waals surface area contributed by atoms with Crippen molar-refractivity contribution < 1.29 is 15.0 Å². The quantitative estimate of drug-likeness (QED) is 0.843. The maximum absolute atomic E-state index is 12.2. The second kappa shape index (κ2) is 5.81. The SMILES string of the molecule is CN(CC(=O)N1CC[C@@](C)(O)[C@@H](O)C1)c1ccccc1. The van der Waals surface area contributed by atoms with Gasteiger partial charge in [0.2, 0.25) is 5.91 Å². The summed E-state index contributed by atoms with van der Waals surface area (Å²) in [6.45, 7) is 2.54. The van der Waals surface area contributed by atoms with Gasteiger partial charge >= 0.3 is 0 Å². The number of para-hydroxylation sites is 1. The number of benzene rings is 1. The molecular formula is C15H22N2O3. The van der Waals surface area contributed by atoms with Gasteiger partial charge < -0.3 is 20.0 Å². The average Bonchev–Trinajstić information content (AvgIpc) is 2.42. The molecule has 5 nitrogen and oxygen atoms in total. The fourth-order valence-electron chi connectivity index (χ4n) is 2.33. The Morgan fingerprint density at radius 3 is 2.70 bits per heavy atom. The third-order valence-corrected chi connectivity index (χ3v) is 3.92. The highest BCUT2D eigenvalue weighted by atomic mass is 16.3. The Hall–Kier alpha value is -1.59. The number of hydrogen-bond donors (Lipinski definition) is 2. The largest absolute Gasteiger partial charge is 0.388 e. The van der Waals surface area contributed by atoms with Gasteiger partial charge in [-0.15, -0.1) is 0 Å². The van der Waals surface area contributed by atoms with Crippen molar-refractivity contribution in [2.75, 3.05) is 31.6 Å². The Kier molecular flexibility index (Phi) is 4.30. The van der Waals surface area contributed by atoms with E-state index in [-0.39, 0.29) is 19.0 Å². The molecule has 1 fully saturated rings. The van der Waals surface area contributed by atoms with Gasteiger partial charge in [0.05, 0.1) is 18.2 Å². The lowest BCUT2D eigenvalue weighted by atomic mass is 9.91. The number of hydrogen-bond acceptors (Lipinski definition) is 4. The van der Waals surface area contributed by atoms with E-state index in [9.17, 15) is 15.0 Å². The standard InChI is InChI=1S/C15H22N2O3/c1-15(20)8-9-17(10-13(15)18)14(19)11-16(2)12-6-4-3-5-7-12/h3-7,13,18,20H,8-11H2,1-2H3/t13-,15+/m0/s1. The molecule has 1 aromatic rings. The lowest BCUT2D eigenvalue weighted by Gasteiger charge is -2.40. The zero-order chi connectivity index (χ0) is 14.8. The number of piperidine rings is 1. The number of likely N-dealkylation sites (N-methyl/N-ethyl adjacent to an activating group) is 1. The molecule has 1 aliphatic heterocycles. The Balaban J connectivity index is 1.93. The number of carbonyl (C=O) groups excluding carboxylic acids is 1. The number of nitrogens with zero attached hydrogens (tertiary/aromatic N) is 2. The van der Waals surface area contributed by atoms with Gasteiger partial charge in [-0.3, -0.25) is 4.79 Å².